The first kappa shape index (κ1) is 65.4. The molecule has 8 aromatic rings. The zero-order chi connectivity index (χ0) is 59.0. The molecule has 0 atom stereocenters. The molecule has 6 N–H and O–H groups in total. The number of halogens is 5. The molecule has 20 heteroatoms. The van der Waals surface area contributed by atoms with Crippen LogP contribution in [-0.4, -0.2) is 72.8 Å². The SMILES string of the molecule is CC(C)(C)OC(=O)CCCN.Cc1ccc(-n2nc(-c3cc(Cl)cc(Cl)c3)cc2Nc2ccc(C(=O)NCCCC(=O)OC(C)(C)C)cc2)cc1.Cc1ccc(-n2nc(-c3cc(Cl)cc(Cl)c3)cc2Nc2ccc(C(=O)O)cc2)cc1.Cl. The summed E-state index contributed by atoms with van der Waals surface area (Å²) >= 11 is 24.8. The Labute approximate surface area is 504 Å². The van der Waals surface area contributed by atoms with Crippen LogP contribution in [0.5, 0.6) is 0 Å². The third kappa shape index (κ3) is 20.9. The maximum absolute atomic E-state index is 12.6. The normalized spacial score (nSPS) is 10.9. The molecule has 0 saturated carbocycles. The van der Waals surface area contributed by atoms with E-state index in [9.17, 15) is 19.2 Å². The fourth-order valence-electron chi connectivity index (χ4n) is 7.66. The van der Waals surface area contributed by atoms with E-state index in [1.165, 1.54) is 0 Å². The van der Waals surface area contributed by atoms with Crippen LogP contribution in [-0.2, 0) is 19.1 Å². The van der Waals surface area contributed by atoms with Crippen LogP contribution in [0.1, 0.15) is 99.1 Å². The van der Waals surface area contributed by atoms with Gasteiger partial charge in [0.2, 0.25) is 0 Å². The van der Waals surface area contributed by atoms with Gasteiger partial charge in [-0.25, -0.2) is 14.2 Å². The number of rotatable bonds is 17. The molecule has 0 bridgehead atoms. The standard InChI is InChI=1S/C31H32Cl2N4O3.C23H17Cl2N3O2.C8H17NO2.ClH/c1-20-7-13-26(14-8-20)37-28(19-27(36-37)22-16-23(32)18-24(33)17-22)35-25-11-9-21(10-12-25)30(39)34-15-5-6-29(38)40-31(2,3)4;1-14-2-8-20(9-3-14)28-22(26-19-6-4-15(5-7-19)23(29)30)13-21(27-28)16-10-17(24)12-18(25)11-16;1-8(2,3)11-7(10)5-4-6-9;/h7-14,16-19,35H,5-6,15H2,1-4H3,(H,34,39);2-13,26H,1H3,(H,29,30);4-6,9H2,1-3H3;1H. The molecule has 432 valence electrons. The zero-order valence-corrected chi connectivity index (χ0v) is 50.6. The van der Waals surface area contributed by atoms with Crippen molar-refractivity contribution in [2.75, 3.05) is 23.7 Å². The zero-order valence-electron chi connectivity index (χ0n) is 46.8. The number of amides is 1. The van der Waals surface area contributed by atoms with E-state index in [2.05, 4.69) is 16.0 Å². The van der Waals surface area contributed by atoms with Crippen LogP contribution in [0.25, 0.3) is 33.9 Å². The number of aromatic nitrogens is 4. The predicted octanol–water partition coefficient (Wildman–Crippen LogP) is 15.8. The van der Waals surface area contributed by atoms with Crippen LogP contribution in [0.2, 0.25) is 20.1 Å². The maximum atomic E-state index is 12.6. The van der Waals surface area contributed by atoms with Gasteiger partial charge in [0.25, 0.3) is 5.91 Å². The van der Waals surface area contributed by atoms with Gasteiger partial charge in [0.05, 0.1) is 28.3 Å². The van der Waals surface area contributed by atoms with E-state index >= 15 is 0 Å². The Morgan fingerprint density at radius 1 is 0.537 bits per heavy atom. The summed E-state index contributed by atoms with van der Waals surface area (Å²) in [6, 6.07) is 44.1. The van der Waals surface area contributed by atoms with Crippen molar-refractivity contribution in [3.63, 3.8) is 0 Å². The van der Waals surface area contributed by atoms with E-state index in [0.717, 1.165) is 50.8 Å². The Morgan fingerprint density at radius 2 is 0.902 bits per heavy atom. The van der Waals surface area contributed by atoms with E-state index in [0.29, 0.717) is 75.2 Å². The lowest BCUT2D eigenvalue weighted by Gasteiger charge is -2.19. The highest BCUT2D eigenvalue weighted by Gasteiger charge is 2.19. The fraction of sp³-hybridized carbons (Fsp3) is 0.258. The van der Waals surface area contributed by atoms with Gasteiger partial charge in [-0.05, 0) is 184 Å². The molecule has 2 heterocycles. The Hall–Kier alpha value is -7.37. The summed E-state index contributed by atoms with van der Waals surface area (Å²) in [6.45, 7) is 16.0. The number of carboxylic acids is 1. The van der Waals surface area contributed by atoms with E-state index in [4.69, 9.17) is 76.9 Å². The summed E-state index contributed by atoms with van der Waals surface area (Å²) < 4.78 is 13.9. The molecular weight excluding hydrogens is 1150 g/mol. The van der Waals surface area contributed by atoms with Gasteiger partial charge in [0.15, 0.2) is 0 Å². The molecule has 8 rings (SSSR count). The van der Waals surface area contributed by atoms with Gasteiger partial charge in [-0.15, -0.1) is 12.4 Å². The van der Waals surface area contributed by atoms with Gasteiger partial charge in [0, 0.05) is 79.7 Å². The first-order valence-electron chi connectivity index (χ1n) is 26.0. The molecule has 0 unspecified atom stereocenters. The number of carbonyl (C=O) groups excluding carboxylic acids is 3. The third-order valence-corrected chi connectivity index (χ3v) is 12.3. The van der Waals surface area contributed by atoms with Gasteiger partial charge in [-0.3, -0.25) is 14.4 Å². The number of anilines is 4. The fourth-order valence-corrected chi connectivity index (χ4v) is 8.71. The second-order valence-corrected chi connectivity index (χ2v) is 22.5. The van der Waals surface area contributed by atoms with Crippen molar-refractivity contribution in [3.05, 3.63) is 188 Å². The number of hydrogen-bond donors (Lipinski definition) is 5. The number of nitrogens with two attached hydrogens (primary N) is 1. The summed E-state index contributed by atoms with van der Waals surface area (Å²) in [5, 5.41) is 30.3. The highest BCUT2D eigenvalue weighted by Crippen LogP contribution is 2.33. The van der Waals surface area contributed by atoms with Crippen LogP contribution in [0.15, 0.2) is 146 Å². The smallest absolute Gasteiger partial charge is 0.335 e. The lowest BCUT2D eigenvalue weighted by Crippen LogP contribution is -2.27. The number of aryl methyl sites for hydroxylation is 2. The number of aromatic carboxylic acids is 1. The average molecular weight is 1210 g/mol. The molecule has 0 aliphatic heterocycles. The minimum atomic E-state index is -0.966. The number of carbonyl (C=O) groups is 4. The number of benzene rings is 6. The molecule has 0 saturated heterocycles. The molecule has 2 aromatic heterocycles. The Bertz CT molecular complexity index is 3390. The van der Waals surface area contributed by atoms with Crippen LogP contribution in [0, 0.1) is 13.8 Å². The minimum absolute atomic E-state index is 0. The van der Waals surface area contributed by atoms with Crippen molar-refractivity contribution in [1.29, 1.82) is 0 Å². The van der Waals surface area contributed by atoms with E-state index in [1.807, 2.05) is 145 Å². The second-order valence-electron chi connectivity index (χ2n) is 20.8. The van der Waals surface area contributed by atoms with Crippen molar-refractivity contribution >= 4 is 106 Å². The van der Waals surface area contributed by atoms with E-state index < -0.39 is 11.6 Å². The third-order valence-electron chi connectivity index (χ3n) is 11.4. The monoisotopic (exact) mass is 1210 g/mol. The molecule has 0 radical (unpaired) electrons. The Kier molecular flexibility index (Phi) is 24.0. The Morgan fingerprint density at radius 3 is 1.26 bits per heavy atom. The number of carboxylic acid groups (broad SMARTS) is 1. The highest BCUT2D eigenvalue weighted by atomic mass is 35.5. The summed E-state index contributed by atoms with van der Waals surface area (Å²) in [5.74, 6) is -0.166. The predicted molar refractivity (Wildman–Crippen MR) is 333 cm³/mol. The van der Waals surface area contributed by atoms with Crippen LogP contribution in [0.3, 0.4) is 0 Å². The summed E-state index contributed by atoms with van der Waals surface area (Å²) in [6.07, 6.45) is 1.88. The molecular formula is C62H67Cl5N8O7. The number of esters is 2. The van der Waals surface area contributed by atoms with Crippen LogP contribution < -0.4 is 21.7 Å². The van der Waals surface area contributed by atoms with Crippen molar-refractivity contribution in [1.82, 2.24) is 24.9 Å². The first-order valence-corrected chi connectivity index (χ1v) is 27.5. The maximum Gasteiger partial charge on any atom is 0.335 e. The summed E-state index contributed by atoms with van der Waals surface area (Å²) in [5.41, 5.74) is 13.7. The van der Waals surface area contributed by atoms with Gasteiger partial charge < -0.3 is 36.3 Å². The van der Waals surface area contributed by atoms with Crippen molar-refractivity contribution in [3.8, 4) is 33.9 Å². The topological polar surface area (TPSA) is 205 Å². The molecule has 1 amide bonds. The molecule has 0 spiro atoms. The molecule has 15 nitrogen and oxygen atoms in total. The van der Waals surface area contributed by atoms with Gasteiger partial charge >= 0.3 is 17.9 Å². The number of hydrogen-bond acceptors (Lipinski definition) is 11. The van der Waals surface area contributed by atoms with Gasteiger partial charge in [-0.1, -0.05) is 81.8 Å². The second kappa shape index (κ2) is 30.1. The van der Waals surface area contributed by atoms with Gasteiger partial charge in [0.1, 0.15) is 22.8 Å². The molecule has 0 fully saturated rings. The quantitative estimate of drug-likeness (QED) is 0.0427. The summed E-state index contributed by atoms with van der Waals surface area (Å²) in [4.78, 5) is 46.5. The number of nitrogens with zero attached hydrogens (tertiary/aromatic N) is 4. The van der Waals surface area contributed by atoms with Gasteiger partial charge in [-0.2, -0.15) is 10.2 Å². The first-order chi connectivity index (χ1) is 38.3. The average Bonchev–Trinajstić information content (AvgIpc) is 4.15. The van der Waals surface area contributed by atoms with Crippen molar-refractivity contribution in [2.45, 2.75) is 92.3 Å². The largest absolute Gasteiger partial charge is 0.478 e. The minimum Gasteiger partial charge on any atom is -0.478 e. The number of ether oxygens (including phenoxy) is 2. The lowest BCUT2D eigenvalue weighted by atomic mass is 10.1. The van der Waals surface area contributed by atoms with Crippen molar-refractivity contribution in [2.24, 2.45) is 5.73 Å². The van der Waals surface area contributed by atoms with Crippen LogP contribution in [0.4, 0.5) is 23.0 Å². The Balaban J connectivity index is 0.000000258. The lowest BCUT2D eigenvalue weighted by molar-refractivity contribution is -0.156. The van der Waals surface area contributed by atoms with Crippen molar-refractivity contribution < 1.29 is 33.8 Å². The molecule has 0 aliphatic carbocycles. The highest BCUT2D eigenvalue weighted by molar-refractivity contribution is 6.35. The molecule has 0 aliphatic rings. The van der Waals surface area contributed by atoms with E-state index in [1.54, 1.807) is 65.3 Å². The summed E-state index contributed by atoms with van der Waals surface area (Å²) in [7, 11) is 0. The number of nitrogens with one attached hydrogen (secondary N) is 3. The molecule has 82 heavy (non-hydrogen) atoms. The van der Waals surface area contributed by atoms with E-state index in [-0.39, 0.29) is 47.8 Å². The van der Waals surface area contributed by atoms with Crippen LogP contribution >= 0.6 is 58.8 Å². The molecule has 6 aromatic carbocycles.